The van der Waals surface area contributed by atoms with Gasteiger partial charge in [-0.15, -0.1) is 12.4 Å². The number of ketones is 1. The van der Waals surface area contributed by atoms with E-state index in [0.29, 0.717) is 5.56 Å². The van der Waals surface area contributed by atoms with Crippen LogP contribution in [0, 0.1) is 10.8 Å². The van der Waals surface area contributed by atoms with Crippen LogP contribution in [0.2, 0.25) is 0 Å². The molecule has 0 amide bonds. The lowest BCUT2D eigenvalue weighted by Gasteiger charge is -2.48. The molecule has 0 aliphatic carbocycles. The van der Waals surface area contributed by atoms with Crippen LogP contribution < -0.4 is 14.8 Å². The molecule has 1 heterocycles. The minimum Gasteiger partial charge on any atom is -0.421 e. The number of fused-ring (bicyclic) bond motifs is 1. The fraction of sp³-hybridized carbons (Fsp3) is 0.571. The first kappa shape index (κ1) is 26.0. The van der Waals surface area contributed by atoms with Crippen LogP contribution in [0.5, 0.6) is 11.5 Å². The van der Waals surface area contributed by atoms with Crippen molar-refractivity contribution in [2.24, 2.45) is 10.8 Å². The second-order valence-electron chi connectivity index (χ2n) is 9.01. The molecular weight excluding hydrogens is 414 g/mol. The zero-order chi connectivity index (χ0) is 22.0. The number of hydrogen-bond donors (Lipinski definition) is 1. The molecule has 0 saturated heterocycles. The summed E-state index contributed by atoms with van der Waals surface area (Å²) in [6.07, 6.45) is 0. The highest BCUT2D eigenvalue weighted by molar-refractivity contribution is 5.98. The third kappa shape index (κ3) is 5.00. The summed E-state index contributed by atoms with van der Waals surface area (Å²) in [6, 6.07) is 4.32. The zero-order valence-electron chi connectivity index (χ0n) is 18.4. The predicted molar refractivity (Wildman–Crippen MR) is 112 cm³/mol. The maximum atomic E-state index is 13.4. The molecule has 8 nitrogen and oxygen atoms in total. The van der Waals surface area contributed by atoms with Gasteiger partial charge in [0.05, 0.1) is 6.54 Å². The van der Waals surface area contributed by atoms with E-state index in [0.717, 1.165) is 0 Å². The molecule has 0 bridgehead atoms. The lowest BCUT2D eigenvalue weighted by atomic mass is 9.62. The van der Waals surface area contributed by atoms with E-state index in [1.807, 2.05) is 41.5 Å². The predicted octanol–water partition coefficient (Wildman–Crippen LogP) is 3.11. The van der Waals surface area contributed by atoms with Crippen LogP contribution in [0.25, 0.3) is 0 Å². The van der Waals surface area contributed by atoms with Crippen molar-refractivity contribution in [3.05, 3.63) is 23.8 Å². The summed E-state index contributed by atoms with van der Waals surface area (Å²) in [5, 5.41) is 2.77. The van der Waals surface area contributed by atoms with E-state index in [4.69, 9.17) is 19.2 Å². The van der Waals surface area contributed by atoms with Crippen LogP contribution in [0.15, 0.2) is 18.2 Å². The maximum absolute atomic E-state index is 13.4. The van der Waals surface area contributed by atoms with Crippen LogP contribution in [-0.4, -0.2) is 43.5 Å². The van der Waals surface area contributed by atoms with Crippen molar-refractivity contribution in [3.8, 4) is 11.5 Å². The summed E-state index contributed by atoms with van der Waals surface area (Å²) in [4.78, 5) is 48.5. The van der Waals surface area contributed by atoms with Crippen molar-refractivity contribution in [1.29, 1.82) is 0 Å². The number of ether oxygens (including phenoxy) is 2. The van der Waals surface area contributed by atoms with E-state index in [1.165, 1.54) is 18.2 Å². The Morgan fingerprint density at radius 1 is 1.03 bits per heavy atom. The third-order valence-corrected chi connectivity index (χ3v) is 4.79. The highest BCUT2D eigenvalue weighted by Crippen LogP contribution is 2.48. The molecule has 1 aliphatic heterocycles. The zero-order valence-corrected chi connectivity index (χ0v) is 19.2. The van der Waals surface area contributed by atoms with Crippen molar-refractivity contribution in [1.82, 2.24) is 5.32 Å². The number of hydrogen-bond acceptors (Lipinski definition) is 8. The van der Waals surface area contributed by atoms with E-state index in [1.54, 1.807) is 7.05 Å². The Kier molecular flexibility index (Phi) is 8.18. The Hall–Kier alpha value is -2.00. The van der Waals surface area contributed by atoms with Crippen LogP contribution in [-0.2, 0) is 19.4 Å². The molecule has 0 unspecified atom stereocenters. The summed E-state index contributed by atoms with van der Waals surface area (Å²) < 4.78 is 10.9. The number of likely N-dealkylation sites (N-methyl/N-ethyl adjacent to an activating group) is 1. The summed E-state index contributed by atoms with van der Waals surface area (Å²) in [5.74, 6) is -1.65. The van der Waals surface area contributed by atoms with Gasteiger partial charge in [0.25, 0.3) is 0 Å². The first-order valence-electron chi connectivity index (χ1n) is 9.39. The first-order chi connectivity index (χ1) is 13.3. The van der Waals surface area contributed by atoms with Gasteiger partial charge in [-0.2, -0.15) is 0 Å². The Balaban J connectivity index is 0.00000450. The number of carbonyl (C=O) groups excluding carboxylic acids is 3. The molecule has 1 aliphatic rings. The molecule has 1 aromatic carbocycles. The van der Waals surface area contributed by atoms with Crippen LogP contribution in [0.1, 0.15) is 51.9 Å². The quantitative estimate of drug-likeness (QED) is 0.329. The van der Waals surface area contributed by atoms with Crippen molar-refractivity contribution in [2.45, 2.75) is 47.1 Å². The van der Waals surface area contributed by atoms with E-state index in [2.05, 4.69) is 5.32 Å². The lowest BCUT2D eigenvalue weighted by Crippen LogP contribution is -2.62. The minimum absolute atomic E-state index is 0. The number of halogens is 1. The minimum atomic E-state index is -1.53. The summed E-state index contributed by atoms with van der Waals surface area (Å²) in [7, 11) is 1.65. The summed E-state index contributed by atoms with van der Waals surface area (Å²) >= 11 is 0. The van der Waals surface area contributed by atoms with Gasteiger partial charge < -0.3 is 14.8 Å². The molecule has 0 radical (unpaired) electrons. The van der Waals surface area contributed by atoms with Crippen molar-refractivity contribution in [2.75, 3.05) is 20.2 Å². The average Bonchev–Trinajstić information content (AvgIpc) is 2.57. The fourth-order valence-corrected chi connectivity index (χ4v) is 3.62. The third-order valence-electron chi connectivity index (χ3n) is 4.79. The monoisotopic (exact) mass is 443 g/mol. The number of esters is 2. The highest BCUT2D eigenvalue weighted by Gasteiger charge is 2.61. The Labute approximate surface area is 182 Å². The molecular formula is C21H30ClNO7. The van der Waals surface area contributed by atoms with E-state index < -0.39 is 35.0 Å². The number of carbonyl (C=O) groups is 3. The van der Waals surface area contributed by atoms with Crippen LogP contribution in [0.3, 0.4) is 0 Å². The van der Waals surface area contributed by atoms with Gasteiger partial charge in [0.1, 0.15) is 0 Å². The molecule has 0 spiro atoms. The van der Waals surface area contributed by atoms with Crippen LogP contribution in [0.4, 0.5) is 0 Å². The van der Waals surface area contributed by atoms with Gasteiger partial charge in [-0.05, 0) is 25.2 Å². The highest BCUT2D eigenvalue weighted by atomic mass is 35.5. The van der Waals surface area contributed by atoms with Gasteiger partial charge in [-0.1, -0.05) is 41.5 Å². The Morgan fingerprint density at radius 2 is 1.63 bits per heavy atom. The molecule has 0 atom stereocenters. The molecule has 9 heteroatoms. The second-order valence-corrected chi connectivity index (χ2v) is 9.01. The number of Topliss-reactive ketones (excluding diaryl/α,β-unsaturated/α-hetero) is 1. The Bertz CT molecular complexity index is 795. The number of nitrogens with one attached hydrogen (secondary N) is 1. The lowest BCUT2D eigenvalue weighted by molar-refractivity contribution is -0.390. The molecule has 168 valence electrons. The van der Waals surface area contributed by atoms with Crippen molar-refractivity contribution >= 4 is 30.1 Å². The van der Waals surface area contributed by atoms with Crippen molar-refractivity contribution < 1.29 is 33.6 Å². The van der Waals surface area contributed by atoms with E-state index in [-0.39, 0.29) is 36.2 Å². The molecule has 1 aromatic rings. The molecule has 2 rings (SSSR count). The van der Waals surface area contributed by atoms with Gasteiger partial charge in [0.2, 0.25) is 5.60 Å². The molecule has 0 fully saturated rings. The van der Waals surface area contributed by atoms with Crippen LogP contribution >= 0.6 is 12.4 Å². The van der Waals surface area contributed by atoms with E-state index in [9.17, 15) is 14.4 Å². The smallest absolute Gasteiger partial charge is 0.348 e. The fourth-order valence-electron chi connectivity index (χ4n) is 3.62. The standard InChI is InChI=1S/C21H29NO7.ClH/c1-19(2,3)21(20(4,5)6)18(25)28-15-9-8-13(14(23)11-22-7)10-16(15)27-17(24)12-26-29-21;/h8-10,22H,11-12H2,1-7H3;1H. The van der Waals surface area contributed by atoms with Gasteiger partial charge in [-0.25, -0.2) is 19.4 Å². The van der Waals surface area contributed by atoms with Gasteiger partial charge in [0.15, 0.2) is 23.9 Å². The topological polar surface area (TPSA) is 100 Å². The first-order valence-corrected chi connectivity index (χ1v) is 9.39. The number of rotatable bonds is 3. The molecule has 30 heavy (non-hydrogen) atoms. The maximum Gasteiger partial charge on any atom is 0.348 e. The Morgan fingerprint density at radius 3 is 2.17 bits per heavy atom. The SMILES string of the molecule is CNCC(=O)c1ccc2c(c1)OC(=O)COOC(C(C)(C)C)(C(C)(C)C)C(=O)O2.Cl. The van der Waals surface area contributed by atoms with E-state index >= 15 is 0 Å². The summed E-state index contributed by atoms with van der Waals surface area (Å²) in [6.45, 7) is 10.5. The second kappa shape index (κ2) is 9.43. The number of benzene rings is 1. The van der Waals surface area contributed by atoms with Gasteiger partial charge >= 0.3 is 11.9 Å². The molecule has 0 saturated carbocycles. The van der Waals surface area contributed by atoms with Crippen molar-refractivity contribution in [3.63, 3.8) is 0 Å². The summed E-state index contributed by atoms with van der Waals surface area (Å²) in [5.41, 5.74) is -2.70. The van der Waals surface area contributed by atoms with Gasteiger partial charge in [-0.3, -0.25) is 4.79 Å². The average molecular weight is 444 g/mol. The largest absolute Gasteiger partial charge is 0.421 e. The normalized spacial score (nSPS) is 17.2. The molecule has 0 aromatic heterocycles. The molecule has 1 N–H and O–H groups in total. The van der Waals surface area contributed by atoms with Gasteiger partial charge in [0, 0.05) is 16.4 Å².